The minimum Gasteiger partial charge on any atom is -0.496 e. The van der Waals surface area contributed by atoms with Crippen LogP contribution < -0.4 is 15.4 Å². The number of benzene rings is 1. The van der Waals surface area contributed by atoms with Gasteiger partial charge in [0.1, 0.15) is 11.9 Å². The van der Waals surface area contributed by atoms with E-state index in [0.717, 1.165) is 67.5 Å². The largest absolute Gasteiger partial charge is 0.496 e. The van der Waals surface area contributed by atoms with Crippen molar-refractivity contribution in [3.63, 3.8) is 0 Å². The number of hydrogen-bond donors (Lipinski definition) is 2. The van der Waals surface area contributed by atoms with Gasteiger partial charge in [0.15, 0.2) is 0 Å². The fourth-order valence-electron chi connectivity index (χ4n) is 3.71. The molecule has 3 heterocycles. The highest BCUT2D eigenvalue weighted by Gasteiger charge is 2.39. The molecule has 6 heteroatoms. The van der Waals surface area contributed by atoms with Gasteiger partial charge in [-0.3, -0.25) is 4.90 Å². The molecule has 6 nitrogen and oxygen atoms in total. The van der Waals surface area contributed by atoms with Crippen molar-refractivity contribution in [3.8, 4) is 5.75 Å². The molecule has 3 aliphatic rings. The summed E-state index contributed by atoms with van der Waals surface area (Å²) in [5, 5.41) is 11.4. The van der Waals surface area contributed by atoms with Crippen LogP contribution in [-0.2, 0) is 4.84 Å². The predicted octanol–water partition coefficient (Wildman–Crippen LogP) is 2.08. The maximum absolute atomic E-state index is 5.81. The number of methoxy groups -OCH3 is 1. The van der Waals surface area contributed by atoms with Gasteiger partial charge in [0.25, 0.3) is 0 Å². The Morgan fingerprint density at radius 2 is 2.04 bits per heavy atom. The molecule has 3 aliphatic heterocycles. The van der Waals surface area contributed by atoms with Crippen molar-refractivity contribution in [2.24, 2.45) is 11.1 Å². The van der Waals surface area contributed by atoms with E-state index < -0.39 is 0 Å². The fourth-order valence-corrected chi connectivity index (χ4v) is 3.71. The molecule has 0 spiro atoms. The van der Waals surface area contributed by atoms with E-state index >= 15 is 0 Å². The highest BCUT2D eigenvalue weighted by Crippen LogP contribution is 2.36. The zero-order valence-electron chi connectivity index (χ0n) is 15.8. The second-order valence-electron chi connectivity index (χ2n) is 6.53. The van der Waals surface area contributed by atoms with Gasteiger partial charge in [0.05, 0.1) is 18.7 Å². The van der Waals surface area contributed by atoms with Crippen LogP contribution in [0.5, 0.6) is 5.75 Å². The summed E-state index contributed by atoms with van der Waals surface area (Å²) in [7, 11) is 1.71. The van der Waals surface area contributed by atoms with Crippen LogP contribution >= 0.6 is 0 Å². The average molecular weight is 346 g/mol. The number of hydrogen-bond acceptors (Lipinski definition) is 6. The van der Waals surface area contributed by atoms with Crippen molar-refractivity contribution in [1.29, 1.82) is 0 Å². The van der Waals surface area contributed by atoms with E-state index in [0.29, 0.717) is 5.92 Å². The van der Waals surface area contributed by atoms with Crippen LogP contribution in [0.15, 0.2) is 17.3 Å². The summed E-state index contributed by atoms with van der Waals surface area (Å²) in [6.45, 7) is 12.2. The number of rotatable bonds is 3. The van der Waals surface area contributed by atoms with E-state index in [1.807, 2.05) is 13.8 Å². The Hall–Kier alpha value is -1.79. The molecule has 0 bridgehead atoms. The van der Waals surface area contributed by atoms with Gasteiger partial charge in [-0.05, 0) is 18.6 Å². The topological polar surface area (TPSA) is 58.1 Å². The predicted molar refractivity (Wildman–Crippen MR) is 102 cm³/mol. The molecule has 0 radical (unpaired) electrons. The van der Waals surface area contributed by atoms with Crippen LogP contribution in [0.4, 0.5) is 5.69 Å². The van der Waals surface area contributed by atoms with E-state index in [1.54, 1.807) is 7.11 Å². The number of nitrogens with one attached hydrogen (secondary N) is 2. The molecule has 138 valence electrons. The molecule has 0 saturated carbocycles. The first-order valence-electron chi connectivity index (χ1n) is 9.36. The molecule has 1 fully saturated rings. The third-order valence-electron chi connectivity index (χ3n) is 5.06. The van der Waals surface area contributed by atoms with E-state index in [4.69, 9.17) is 9.57 Å². The zero-order chi connectivity index (χ0) is 17.8. The summed E-state index contributed by atoms with van der Waals surface area (Å²) in [5.74, 6) is 1.23. The number of anilines is 1. The first-order chi connectivity index (χ1) is 12.3. The van der Waals surface area contributed by atoms with Crippen molar-refractivity contribution in [2.75, 3.05) is 51.7 Å². The Labute approximate surface area is 150 Å². The second-order valence-corrected chi connectivity index (χ2v) is 6.53. The standard InChI is InChI=1S/C17H24N4O2.C2H6/c1-11-7-12-14(8-15(11)22-2)19-9-13-16(23-20-17(12)13)10-21-5-3-18-4-6-21;1-2/h7-8,13,16,18-19H,3-6,9-10H2,1-2H3;1-2H3. The lowest BCUT2D eigenvalue weighted by molar-refractivity contribution is 0.0308. The maximum atomic E-state index is 5.81. The second kappa shape index (κ2) is 8.06. The smallest absolute Gasteiger partial charge is 0.150 e. The normalized spacial score (nSPS) is 24.7. The van der Waals surface area contributed by atoms with Gasteiger partial charge >= 0.3 is 0 Å². The summed E-state index contributed by atoms with van der Waals surface area (Å²) < 4.78 is 5.42. The minimum absolute atomic E-state index is 0.145. The lowest BCUT2D eigenvalue weighted by Gasteiger charge is -2.32. The zero-order valence-corrected chi connectivity index (χ0v) is 15.8. The number of aryl methyl sites for hydroxylation is 1. The minimum atomic E-state index is 0.145. The summed E-state index contributed by atoms with van der Waals surface area (Å²) in [6, 6.07) is 4.22. The van der Waals surface area contributed by atoms with Crippen molar-refractivity contribution in [3.05, 3.63) is 23.3 Å². The molecule has 0 aromatic heterocycles. The summed E-state index contributed by atoms with van der Waals surface area (Å²) in [4.78, 5) is 8.28. The molecule has 1 aromatic rings. The number of fused-ring (bicyclic) bond motifs is 3. The third kappa shape index (κ3) is 3.60. The lowest BCUT2D eigenvalue weighted by Crippen LogP contribution is -2.48. The molecule has 2 N–H and O–H groups in total. The van der Waals surface area contributed by atoms with Gasteiger partial charge in [0, 0.05) is 56.6 Å². The molecule has 2 unspecified atom stereocenters. The van der Waals surface area contributed by atoms with Crippen LogP contribution in [0.1, 0.15) is 25.0 Å². The van der Waals surface area contributed by atoms with E-state index in [1.165, 1.54) is 0 Å². The maximum Gasteiger partial charge on any atom is 0.150 e. The Kier molecular flexibility index (Phi) is 5.81. The molecule has 0 amide bonds. The van der Waals surface area contributed by atoms with Crippen LogP contribution in [0.3, 0.4) is 0 Å². The number of piperazine rings is 1. The summed E-state index contributed by atoms with van der Waals surface area (Å²) in [6.07, 6.45) is 0.145. The van der Waals surface area contributed by atoms with Crippen molar-refractivity contribution >= 4 is 11.4 Å². The Morgan fingerprint density at radius 1 is 1.28 bits per heavy atom. The molecule has 0 aliphatic carbocycles. The van der Waals surface area contributed by atoms with Gasteiger partial charge in [0.2, 0.25) is 0 Å². The van der Waals surface area contributed by atoms with Crippen LogP contribution in [-0.4, -0.2) is 63.1 Å². The van der Waals surface area contributed by atoms with Crippen molar-refractivity contribution in [1.82, 2.24) is 10.2 Å². The average Bonchev–Trinajstić information content (AvgIpc) is 3.07. The monoisotopic (exact) mass is 346 g/mol. The summed E-state index contributed by atoms with van der Waals surface area (Å²) >= 11 is 0. The number of nitrogens with zero attached hydrogens (tertiary/aromatic N) is 2. The van der Waals surface area contributed by atoms with E-state index in [2.05, 4.69) is 39.7 Å². The first-order valence-corrected chi connectivity index (χ1v) is 9.36. The Balaban J connectivity index is 0.000000880. The van der Waals surface area contributed by atoms with Gasteiger partial charge in [-0.1, -0.05) is 19.0 Å². The fraction of sp³-hybridized carbons (Fsp3) is 0.632. The van der Waals surface area contributed by atoms with Crippen LogP contribution in [0, 0.1) is 12.8 Å². The number of ether oxygens (including phenoxy) is 1. The van der Waals surface area contributed by atoms with Crippen molar-refractivity contribution < 1.29 is 9.57 Å². The highest BCUT2D eigenvalue weighted by atomic mass is 16.6. The molecule has 2 atom stereocenters. The van der Waals surface area contributed by atoms with E-state index in [9.17, 15) is 0 Å². The quantitative estimate of drug-likeness (QED) is 0.878. The van der Waals surface area contributed by atoms with Gasteiger partial charge < -0.3 is 20.2 Å². The van der Waals surface area contributed by atoms with E-state index in [-0.39, 0.29) is 6.10 Å². The van der Waals surface area contributed by atoms with Gasteiger partial charge in [-0.2, -0.15) is 0 Å². The first kappa shape index (κ1) is 18.0. The number of oxime groups is 1. The molecular weight excluding hydrogens is 316 g/mol. The SMILES string of the molecule is CC.COc1cc2c(cc1C)C1=NOC(CN3CCNCC3)C1CN2. The Bertz CT molecular complexity index is 626. The van der Waals surface area contributed by atoms with Crippen molar-refractivity contribution in [2.45, 2.75) is 26.9 Å². The lowest BCUT2D eigenvalue weighted by atomic mass is 9.87. The van der Waals surface area contributed by atoms with Gasteiger partial charge in [-0.15, -0.1) is 0 Å². The molecule has 25 heavy (non-hydrogen) atoms. The molecule has 1 saturated heterocycles. The highest BCUT2D eigenvalue weighted by molar-refractivity contribution is 6.09. The third-order valence-corrected chi connectivity index (χ3v) is 5.06. The summed E-state index contributed by atoms with van der Waals surface area (Å²) in [5.41, 5.74) is 4.46. The molecule has 4 rings (SSSR count). The molecule has 1 aromatic carbocycles. The van der Waals surface area contributed by atoms with Crippen LogP contribution in [0.2, 0.25) is 0 Å². The van der Waals surface area contributed by atoms with Gasteiger partial charge in [-0.25, -0.2) is 0 Å². The van der Waals surface area contributed by atoms with Crippen LogP contribution in [0.25, 0.3) is 0 Å². The Morgan fingerprint density at radius 3 is 2.76 bits per heavy atom. The molecular formula is C19H30N4O2.